The van der Waals surface area contributed by atoms with Crippen LogP contribution in [0.4, 0.5) is 20.2 Å². The van der Waals surface area contributed by atoms with E-state index in [4.69, 9.17) is 0 Å². The summed E-state index contributed by atoms with van der Waals surface area (Å²) in [4.78, 5) is 25.1. The minimum Gasteiger partial charge on any atom is -0.326 e. The molecule has 0 saturated carbocycles. The van der Waals surface area contributed by atoms with E-state index in [1.165, 1.54) is 16.1 Å². The topological polar surface area (TPSA) is 86.8 Å². The van der Waals surface area contributed by atoms with Crippen molar-refractivity contribution in [3.05, 3.63) is 54.1 Å². The highest BCUT2D eigenvalue weighted by atomic mass is 32.2. The number of rotatable bonds is 5. The van der Waals surface area contributed by atoms with Crippen LogP contribution in [0, 0.1) is 17.6 Å². The first-order valence-corrected chi connectivity index (χ1v) is 11.1. The van der Waals surface area contributed by atoms with Crippen LogP contribution in [-0.4, -0.2) is 44.7 Å². The molecule has 1 aliphatic heterocycles. The molecule has 2 amide bonds. The molecule has 1 fully saturated rings. The fourth-order valence-corrected chi connectivity index (χ4v) is 4.82. The van der Waals surface area contributed by atoms with E-state index in [9.17, 15) is 26.8 Å². The lowest BCUT2D eigenvalue weighted by atomic mass is 9.97. The summed E-state index contributed by atoms with van der Waals surface area (Å²) in [6.07, 6.45) is 0.611. The number of sulfonamides is 1. The summed E-state index contributed by atoms with van der Waals surface area (Å²) in [5, 5.41) is 2.80. The molecule has 166 valence electrons. The molecule has 0 bridgehead atoms. The van der Waals surface area contributed by atoms with Gasteiger partial charge in [-0.25, -0.2) is 17.2 Å². The van der Waals surface area contributed by atoms with E-state index < -0.39 is 21.7 Å². The molecule has 0 aromatic heterocycles. The molecule has 1 aliphatic rings. The molecule has 0 unspecified atom stereocenters. The Labute approximate surface area is 179 Å². The van der Waals surface area contributed by atoms with E-state index in [-0.39, 0.29) is 35.7 Å². The Balaban J connectivity index is 1.59. The maximum absolute atomic E-state index is 13.4. The molecule has 0 aliphatic carbocycles. The molecule has 1 saturated heterocycles. The number of nitrogens with one attached hydrogen (secondary N) is 1. The number of piperidine rings is 1. The molecule has 1 N–H and O–H groups in total. The van der Waals surface area contributed by atoms with E-state index in [0.29, 0.717) is 30.3 Å². The lowest BCUT2D eigenvalue weighted by Crippen LogP contribution is -2.41. The van der Waals surface area contributed by atoms with Crippen LogP contribution in [0.2, 0.25) is 0 Å². The molecular weight excluding hydrogens is 428 g/mol. The van der Waals surface area contributed by atoms with Crippen molar-refractivity contribution in [1.82, 2.24) is 4.31 Å². The zero-order valence-electron chi connectivity index (χ0n) is 17.1. The van der Waals surface area contributed by atoms with Crippen molar-refractivity contribution in [3.63, 3.8) is 0 Å². The molecule has 1 heterocycles. The van der Waals surface area contributed by atoms with Gasteiger partial charge in [0.2, 0.25) is 21.8 Å². The van der Waals surface area contributed by atoms with Gasteiger partial charge in [-0.1, -0.05) is 0 Å². The second-order valence-corrected chi connectivity index (χ2v) is 9.31. The monoisotopic (exact) mass is 451 g/mol. The maximum atomic E-state index is 13.4. The SMILES string of the molecule is CC(=O)N(C)c1ccc(NC(=O)C2CCN(S(=O)(=O)c3ccc(F)c(F)c3)CC2)cc1. The Hall–Kier alpha value is -2.85. The van der Waals surface area contributed by atoms with E-state index in [0.717, 1.165) is 12.1 Å². The van der Waals surface area contributed by atoms with E-state index in [1.54, 1.807) is 31.3 Å². The summed E-state index contributed by atoms with van der Waals surface area (Å²) < 4.78 is 53.0. The maximum Gasteiger partial charge on any atom is 0.243 e. The van der Waals surface area contributed by atoms with Gasteiger partial charge in [0.05, 0.1) is 4.90 Å². The number of hydrogen-bond acceptors (Lipinski definition) is 4. The number of anilines is 2. The summed E-state index contributed by atoms with van der Waals surface area (Å²) >= 11 is 0. The van der Waals surface area contributed by atoms with Gasteiger partial charge in [-0.3, -0.25) is 9.59 Å². The van der Waals surface area contributed by atoms with Crippen molar-refractivity contribution in [2.75, 3.05) is 30.4 Å². The number of benzene rings is 2. The molecular formula is C21H23F2N3O4S. The van der Waals surface area contributed by atoms with E-state index in [1.807, 2.05) is 0 Å². The van der Waals surface area contributed by atoms with Gasteiger partial charge >= 0.3 is 0 Å². The third-order valence-electron chi connectivity index (χ3n) is 5.35. The molecule has 0 radical (unpaired) electrons. The largest absolute Gasteiger partial charge is 0.326 e. The van der Waals surface area contributed by atoms with Crippen LogP contribution in [0.1, 0.15) is 19.8 Å². The van der Waals surface area contributed by atoms with Crippen LogP contribution in [0.25, 0.3) is 0 Å². The zero-order chi connectivity index (χ0) is 22.8. The quantitative estimate of drug-likeness (QED) is 0.757. The molecule has 3 rings (SSSR count). The first-order valence-electron chi connectivity index (χ1n) is 9.70. The lowest BCUT2D eigenvalue weighted by molar-refractivity contribution is -0.121. The van der Waals surface area contributed by atoms with E-state index >= 15 is 0 Å². The van der Waals surface area contributed by atoms with Crippen molar-refractivity contribution in [2.24, 2.45) is 5.92 Å². The minimum absolute atomic E-state index is 0.0990. The number of nitrogens with zero attached hydrogens (tertiary/aromatic N) is 2. The van der Waals surface area contributed by atoms with Crippen LogP contribution in [0.5, 0.6) is 0 Å². The third kappa shape index (κ3) is 5.08. The molecule has 2 aromatic rings. The van der Waals surface area contributed by atoms with Gasteiger partial charge in [0.25, 0.3) is 0 Å². The Morgan fingerprint density at radius 2 is 1.65 bits per heavy atom. The predicted molar refractivity (Wildman–Crippen MR) is 112 cm³/mol. The van der Waals surface area contributed by atoms with Gasteiger partial charge in [-0.2, -0.15) is 4.31 Å². The molecule has 7 nitrogen and oxygen atoms in total. The lowest BCUT2D eigenvalue weighted by Gasteiger charge is -2.30. The summed E-state index contributed by atoms with van der Waals surface area (Å²) in [5.41, 5.74) is 1.27. The van der Waals surface area contributed by atoms with Gasteiger partial charge in [0, 0.05) is 44.4 Å². The predicted octanol–water partition coefficient (Wildman–Crippen LogP) is 2.99. The molecule has 0 atom stereocenters. The highest BCUT2D eigenvalue weighted by Crippen LogP contribution is 2.26. The fourth-order valence-electron chi connectivity index (χ4n) is 3.34. The smallest absolute Gasteiger partial charge is 0.243 e. The Morgan fingerprint density at radius 3 is 2.19 bits per heavy atom. The van der Waals surface area contributed by atoms with Gasteiger partial charge < -0.3 is 10.2 Å². The number of carbonyl (C=O) groups is 2. The standard InChI is InChI=1S/C21H23F2N3O4S/c1-14(27)25(2)17-5-3-16(4-6-17)24-21(28)15-9-11-26(12-10-15)31(29,30)18-7-8-19(22)20(23)13-18/h3-8,13,15H,9-12H2,1-2H3,(H,24,28). The molecule has 0 spiro atoms. The second kappa shape index (κ2) is 9.11. The van der Waals surface area contributed by atoms with Crippen LogP contribution >= 0.6 is 0 Å². The average Bonchev–Trinajstić information content (AvgIpc) is 2.75. The van der Waals surface area contributed by atoms with Crippen molar-refractivity contribution in [2.45, 2.75) is 24.7 Å². The van der Waals surface area contributed by atoms with Gasteiger partial charge in [-0.15, -0.1) is 0 Å². The van der Waals surface area contributed by atoms with Crippen molar-refractivity contribution in [1.29, 1.82) is 0 Å². The molecule has 10 heteroatoms. The number of halogens is 2. The fraction of sp³-hybridized carbons (Fsp3) is 0.333. The second-order valence-electron chi connectivity index (χ2n) is 7.37. The average molecular weight is 451 g/mol. The Kier molecular flexibility index (Phi) is 6.71. The summed E-state index contributed by atoms with van der Waals surface area (Å²) in [6, 6.07) is 9.28. The van der Waals surface area contributed by atoms with Crippen molar-refractivity contribution >= 4 is 33.2 Å². The Bertz CT molecular complexity index is 1080. The summed E-state index contributed by atoms with van der Waals surface area (Å²) in [7, 11) is -2.32. The van der Waals surface area contributed by atoms with Gasteiger partial charge in [-0.05, 0) is 55.3 Å². The first-order chi connectivity index (χ1) is 14.6. The number of amides is 2. The van der Waals surface area contributed by atoms with Gasteiger partial charge in [0.1, 0.15) is 0 Å². The van der Waals surface area contributed by atoms with Crippen LogP contribution in [0.15, 0.2) is 47.4 Å². The van der Waals surface area contributed by atoms with Crippen molar-refractivity contribution in [3.8, 4) is 0 Å². The zero-order valence-corrected chi connectivity index (χ0v) is 18.0. The van der Waals surface area contributed by atoms with Crippen LogP contribution in [0.3, 0.4) is 0 Å². The molecule has 2 aromatic carbocycles. The Morgan fingerprint density at radius 1 is 1.03 bits per heavy atom. The van der Waals surface area contributed by atoms with Crippen LogP contribution < -0.4 is 10.2 Å². The molecule has 31 heavy (non-hydrogen) atoms. The van der Waals surface area contributed by atoms with Gasteiger partial charge in [0.15, 0.2) is 11.6 Å². The summed E-state index contributed by atoms with van der Waals surface area (Å²) in [5.74, 6) is -3.05. The first kappa shape index (κ1) is 22.8. The number of hydrogen-bond donors (Lipinski definition) is 1. The van der Waals surface area contributed by atoms with Crippen molar-refractivity contribution < 1.29 is 26.8 Å². The highest BCUT2D eigenvalue weighted by Gasteiger charge is 2.32. The minimum atomic E-state index is -3.97. The third-order valence-corrected chi connectivity index (χ3v) is 7.24. The van der Waals surface area contributed by atoms with E-state index in [2.05, 4.69) is 5.32 Å². The normalized spacial score (nSPS) is 15.5. The highest BCUT2D eigenvalue weighted by molar-refractivity contribution is 7.89. The van der Waals surface area contributed by atoms with Crippen LogP contribution in [-0.2, 0) is 19.6 Å². The number of carbonyl (C=O) groups excluding carboxylic acids is 2. The summed E-state index contributed by atoms with van der Waals surface area (Å²) in [6.45, 7) is 1.65.